The summed E-state index contributed by atoms with van der Waals surface area (Å²) in [5.41, 5.74) is 7.53. The molecule has 0 radical (unpaired) electrons. The molecule has 3 nitrogen and oxygen atoms in total. The zero-order valence-corrected chi connectivity index (χ0v) is 11.0. The number of rotatable bonds is 4. The average Bonchev–Trinajstić information content (AvgIpc) is 2.12. The van der Waals surface area contributed by atoms with Gasteiger partial charge in [0.05, 0.1) is 12.8 Å². The van der Waals surface area contributed by atoms with Crippen LogP contribution in [0.4, 0.5) is 5.69 Å². The number of benzene rings is 1. The molecule has 1 rings (SSSR count). The van der Waals surface area contributed by atoms with Gasteiger partial charge >= 0.3 is 0 Å². The summed E-state index contributed by atoms with van der Waals surface area (Å²) >= 11 is 6.00. The van der Waals surface area contributed by atoms with Crippen LogP contribution in [0.15, 0.2) is 12.1 Å². The predicted molar refractivity (Wildman–Crippen MR) is 69.5 cm³/mol. The molecule has 90 valence electrons. The highest BCUT2D eigenvalue weighted by Crippen LogP contribution is 2.32. The molecule has 0 amide bonds. The fraction of sp³-hybridized carbons (Fsp3) is 0.500. The topological polar surface area (TPSA) is 47.3 Å². The molecule has 0 fully saturated rings. The van der Waals surface area contributed by atoms with Gasteiger partial charge in [-0.25, -0.2) is 0 Å². The Kier molecular flexibility index (Phi) is 4.05. The lowest BCUT2D eigenvalue weighted by atomic mass is 10.1. The maximum absolute atomic E-state index is 6.00. The van der Waals surface area contributed by atoms with Crippen LogP contribution in [-0.2, 0) is 0 Å². The number of ether oxygens (including phenoxy) is 1. The number of halogens is 1. The van der Waals surface area contributed by atoms with Crippen molar-refractivity contribution in [1.82, 2.24) is 0 Å². The number of nitrogens with one attached hydrogen (secondary N) is 1. The highest BCUT2D eigenvalue weighted by Gasteiger charge is 2.13. The van der Waals surface area contributed by atoms with Gasteiger partial charge in [0.2, 0.25) is 0 Å². The van der Waals surface area contributed by atoms with E-state index >= 15 is 0 Å². The number of anilines is 1. The van der Waals surface area contributed by atoms with Gasteiger partial charge in [-0.2, -0.15) is 0 Å². The van der Waals surface area contributed by atoms with E-state index in [9.17, 15) is 0 Å². The summed E-state index contributed by atoms with van der Waals surface area (Å²) < 4.78 is 5.33. The maximum atomic E-state index is 6.00. The van der Waals surface area contributed by atoms with Crippen LogP contribution in [0.3, 0.4) is 0 Å². The molecule has 4 heteroatoms. The Balaban J connectivity index is 2.94. The Labute approximate surface area is 102 Å². The van der Waals surface area contributed by atoms with Gasteiger partial charge in [0, 0.05) is 17.1 Å². The van der Waals surface area contributed by atoms with E-state index < -0.39 is 0 Å². The van der Waals surface area contributed by atoms with Crippen LogP contribution in [0.1, 0.15) is 19.4 Å². The normalized spacial score (nSPS) is 11.4. The molecule has 0 saturated heterocycles. The minimum absolute atomic E-state index is 0.277. The first kappa shape index (κ1) is 13.1. The molecule has 0 heterocycles. The number of hydrogen-bond acceptors (Lipinski definition) is 3. The Bertz CT molecular complexity index is 372. The van der Waals surface area contributed by atoms with Crippen LogP contribution in [0, 0.1) is 6.92 Å². The molecule has 0 unspecified atom stereocenters. The summed E-state index contributed by atoms with van der Waals surface area (Å²) in [6, 6.07) is 3.72. The molecule has 0 saturated carbocycles. The molecule has 1 aromatic carbocycles. The van der Waals surface area contributed by atoms with Gasteiger partial charge in [0.1, 0.15) is 5.75 Å². The molecule has 0 aliphatic heterocycles. The Morgan fingerprint density at radius 3 is 2.56 bits per heavy atom. The first-order valence-corrected chi connectivity index (χ1v) is 5.58. The van der Waals surface area contributed by atoms with Crippen LogP contribution in [0.2, 0.25) is 5.02 Å². The molecule has 0 aliphatic rings. The quantitative estimate of drug-likeness (QED) is 0.854. The zero-order valence-electron chi connectivity index (χ0n) is 10.2. The molecule has 3 N–H and O–H groups in total. The van der Waals surface area contributed by atoms with Crippen LogP contribution in [0.5, 0.6) is 5.75 Å². The minimum Gasteiger partial charge on any atom is -0.494 e. The Morgan fingerprint density at radius 1 is 1.44 bits per heavy atom. The Morgan fingerprint density at radius 2 is 2.06 bits per heavy atom. The molecule has 16 heavy (non-hydrogen) atoms. The molecule has 0 spiro atoms. The largest absolute Gasteiger partial charge is 0.494 e. The van der Waals surface area contributed by atoms with Crippen molar-refractivity contribution in [1.29, 1.82) is 0 Å². The van der Waals surface area contributed by atoms with Gasteiger partial charge in [-0.3, -0.25) is 0 Å². The predicted octanol–water partition coefficient (Wildman–Crippen LogP) is 2.81. The van der Waals surface area contributed by atoms with E-state index in [-0.39, 0.29) is 5.54 Å². The molecular formula is C12H19ClN2O. The second-order valence-corrected chi connectivity index (χ2v) is 5.08. The third-order valence-corrected chi connectivity index (χ3v) is 2.40. The lowest BCUT2D eigenvalue weighted by Gasteiger charge is -2.21. The lowest BCUT2D eigenvalue weighted by Crippen LogP contribution is -2.39. The van der Waals surface area contributed by atoms with E-state index in [1.54, 1.807) is 7.11 Å². The summed E-state index contributed by atoms with van der Waals surface area (Å²) in [4.78, 5) is 0. The first-order chi connectivity index (χ1) is 7.33. The van der Waals surface area contributed by atoms with Gasteiger partial charge in [-0.15, -0.1) is 0 Å². The van der Waals surface area contributed by atoms with Gasteiger partial charge in [0.15, 0.2) is 0 Å². The number of nitrogens with two attached hydrogens (primary N) is 1. The van der Waals surface area contributed by atoms with E-state index in [0.717, 1.165) is 17.0 Å². The van der Waals surface area contributed by atoms with Crippen LogP contribution >= 0.6 is 11.6 Å². The van der Waals surface area contributed by atoms with Crippen molar-refractivity contribution in [3.05, 3.63) is 22.7 Å². The van der Waals surface area contributed by atoms with Crippen LogP contribution in [0.25, 0.3) is 0 Å². The SMILES string of the molecule is COc1c(C)cc(Cl)cc1NCC(C)(C)N. The summed E-state index contributed by atoms with van der Waals surface area (Å²) in [5, 5.41) is 3.94. The van der Waals surface area contributed by atoms with E-state index in [4.69, 9.17) is 22.1 Å². The maximum Gasteiger partial charge on any atom is 0.144 e. The molecule has 0 aromatic heterocycles. The van der Waals surface area contributed by atoms with Crippen LogP contribution < -0.4 is 15.8 Å². The van der Waals surface area contributed by atoms with E-state index in [2.05, 4.69) is 5.32 Å². The average molecular weight is 243 g/mol. The van der Waals surface area contributed by atoms with Gasteiger partial charge in [-0.05, 0) is 38.5 Å². The third kappa shape index (κ3) is 3.58. The van der Waals surface area contributed by atoms with Crippen molar-refractivity contribution in [2.24, 2.45) is 5.73 Å². The van der Waals surface area contributed by atoms with Crippen LogP contribution in [-0.4, -0.2) is 19.2 Å². The molecule has 0 aliphatic carbocycles. The second-order valence-electron chi connectivity index (χ2n) is 4.65. The highest BCUT2D eigenvalue weighted by molar-refractivity contribution is 6.31. The fourth-order valence-electron chi connectivity index (χ4n) is 1.46. The van der Waals surface area contributed by atoms with Crippen molar-refractivity contribution >= 4 is 17.3 Å². The van der Waals surface area contributed by atoms with Crippen molar-refractivity contribution in [3.63, 3.8) is 0 Å². The van der Waals surface area contributed by atoms with Crippen molar-refractivity contribution in [2.75, 3.05) is 19.0 Å². The van der Waals surface area contributed by atoms with Crippen molar-refractivity contribution < 1.29 is 4.74 Å². The zero-order chi connectivity index (χ0) is 12.3. The van der Waals surface area contributed by atoms with Crippen molar-refractivity contribution in [2.45, 2.75) is 26.3 Å². The molecule has 0 bridgehead atoms. The molecule has 0 atom stereocenters. The van der Waals surface area contributed by atoms with E-state index in [0.29, 0.717) is 11.6 Å². The smallest absolute Gasteiger partial charge is 0.144 e. The third-order valence-electron chi connectivity index (χ3n) is 2.18. The summed E-state index contributed by atoms with van der Waals surface area (Å²) in [7, 11) is 1.65. The van der Waals surface area contributed by atoms with Gasteiger partial charge < -0.3 is 15.8 Å². The standard InChI is InChI=1S/C12H19ClN2O/c1-8-5-9(13)6-10(11(8)16-4)15-7-12(2,3)14/h5-6,15H,7,14H2,1-4H3. The van der Waals surface area contributed by atoms with Gasteiger partial charge in [0.25, 0.3) is 0 Å². The van der Waals surface area contributed by atoms with E-state index in [1.165, 1.54) is 0 Å². The lowest BCUT2D eigenvalue weighted by molar-refractivity contribution is 0.413. The number of aryl methyl sites for hydroxylation is 1. The Hall–Kier alpha value is -0.930. The summed E-state index contributed by atoms with van der Waals surface area (Å²) in [6.07, 6.45) is 0. The second kappa shape index (κ2) is 4.93. The first-order valence-electron chi connectivity index (χ1n) is 5.20. The monoisotopic (exact) mass is 242 g/mol. The fourth-order valence-corrected chi connectivity index (χ4v) is 1.73. The molecule has 1 aromatic rings. The van der Waals surface area contributed by atoms with Crippen molar-refractivity contribution in [3.8, 4) is 5.75 Å². The number of methoxy groups -OCH3 is 1. The highest BCUT2D eigenvalue weighted by atomic mass is 35.5. The van der Waals surface area contributed by atoms with Gasteiger partial charge in [-0.1, -0.05) is 11.6 Å². The minimum atomic E-state index is -0.277. The summed E-state index contributed by atoms with van der Waals surface area (Å²) in [5.74, 6) is 0.814. The summed E-state index contributed by atoms with van der Waals surface area (Å²) in [6.45, 7) is 6.54. The molecular weight excluding hydrogens is 224 g/mol. The van der Waals surface area contributed by atoms with E-state index in [1.807, 2.05) is 32.9 Å². The number of hydrogen-bond donors (Lipinski definition) is 2.